The maximum Gasteiger partial charge on any atom is 0.255 e. The molecule has 3 aromatic rings. The maximum atomic E-state index is 12.4. The van der Waals surface area contributed by atoms with Crippen LogP contribution in [-0.2, 0) is 16.6 Å². The van der Waals surface area contributed by atoms with Crippen molar-refractivity contribution in [1.82, 2.24) is 4.72 Å². The van der Waals surface area contributed by atoms with Crippen LogP contribution >= 0.6 is 15.9 Å². The molecule has 0 aliphatic heterocycles. The van der Waals surface area contributed by atoms with Crippen molar-refractivity contribution in [2.45, 2.75) is 18.4 Å². The average Bonchev–Trinajstić information content (AvgIpc) is 3.16. The molecule has 3 rings (SSSR count). The summed E-state index contributed by atoms with van der Waals surface area (Å²) >= 11 is 3.38. The standard InChI is InChI=1S/C19H17BrN2O4S/c1-13-11-15(20)6-9-18(13)22-19(23)14-4-7-17(8-5-14)27(24,25)21-12-16-3-2-10-26-16/h2-11,21H,12H2,1H3,(H,22,23). The first-order valence-corrected chi connectivity index (χ1v) is 10.3. The van der Waals surface area contributed by atoms with Crippen LogP contribution in [0.4, 0.5) is 5.69 Å². The number of rotatable bonds is 6. The Morgan fingerprint density at radius 3 is 2.48 bits per heavy atom. The Hall–Kier alpha value is -2.42. The second kappa shape index (κ2) is 8.08. The van der Waals surface area contributed by atoms with Gasteiger partial charge in [0.2, 0.25) is 10.0 Å². The molecular formula is C19H17BrN2O4S. The minimum absolute atomic E-state index is 0.0560. The molecular weight excluding hydrogens is 432 g/mol. The number of sulfonamides is 1. The first-order valence-electron chi connectivity index (χ1n) is 8.05. The first kappa shape index (κ1) is 19.3. The Bertz CT molecular complexity index is 1050. The number of halogens is 1. The minimum Gasteiger partial charge on any atom is -0.468 e. The number of furan rings is 1. The van der Waals surface area contributed by atoms with Crippen LogP contribution in [0.2, 0.25) is 0 Å². The van der Waals surface area contributed by atoms with Gasteiger partial charge in [0.1, 0.15) is 5.76 Å². The third-order valence-electron chi connectivity index (χ3n) is 3.88. The predicted molar refractivity (Wildman–Crippen MR) is 106 cm³/mol. The molecule has 6 nitrogen and oxygen atoms in total. The van der Waals surface area contributed by atoms with Crippen LogP contribution in [0, 0.1) is 6.92 Å². The number of anilines is 1. The first-order chi connectivity index (χ1) is 12.8. The fourth-order valence-electron chi connectivity index (χ4n) is 2.41. The molecule has 0 aliphatic carbocycles. The number of carbonyl (C=O) groups is 1. The molecule has 1 heterocycles. The molecule has 0 atom stereocenters. The van der Waals surface area contributed by atoms with Crippen LogP contribution in [0.3, 0.4) is 0 Å². The van der Waals surface area contributed by atoms with E-state index < -0.39 is 10.0 Å². The molecule has 1 aromatic heterocycles. The van der Waals surface area contributed by atoms with Crippen molar-refractivity contribution in [2.24, 2.45) is 0 Å². The number of aryl methyl sites for hydroxylation is 1. The lowest BCUT2D eigenvalue weighted by molar-refractivity contribution is 0.102. The van der Waals surface area contributed by atoms with Gasteiger partial charge in [0, 0.05) is 15.7 Å². The van der Waals surface area contributed by atoms with Gasteiger partial charge in [-0.15, -0.1) is 0 Å². The fourth-order valence-corrected chi connectivity index (χ4v) is 3.88. The summed E-state index contributed by atoms with van der Waals surface area (Å²) in [7, 11) is -3.70. The lowest BCUT2D eigenvalue weighted by Crippen LogP contribution is -2.23. The van der Waals surface area contributed by atoms with E-state index in [4.69, 9.17) is 4.42 Å². The summed E-state index contributed by atoms with van der Waals surface area (Å²) in [5.74, 6) is 0.201. The monoisotopic (exact) mass is 448 g/mol. The molecule has 0 saturated heterocycles. The van der Waals surface area contributed by atoms with Crippen molar-refractivity contribution in [2.75, 3.05) is 5.32 Å². The Labute approximate surface area is 165 Å². The summed E-state index contributed by atoms with van der Waals surface area (Å²) in [6.45, 7) is 1.95. The molecule has 1 amide bonds. The van der Waals surface area contributed by atoms with Gasteiger partial charge in [-0.05, 0) is 67.1 Å². The summed E-state index contributed by atoms with van der Waals surface area (Å²) in [5.41, 5.74) is 1.97. The second-order valence-corrected chi connectivity index (χ2v) is 8.52. The summed E-state index contributed by atoms with van der Waals surface area (Å²) in [6, 6.07) is 14.6. The molecule has 0 spiro atoms. The van der Waals surface area contributed by atoms with Gasteiger partial charge in [-0.3, -0.25) is 4.79 Å². The van der Waals surface area contributed by atoms with E-state index in [1.807, 2.05) is 19.1 Å². The zero-order valence-electron chi connectivity index (χ0n) is 14.4. The maximum absolute atomic E-state index is 12.4. The molecule has 0 saturated carbocycles. The van der Waals surface area contributed by atoms with E-state index in [2.05, 4.69) is 26.0 Å². The summed E-state index contributed by atoms with van der Waals surface area (Å²) in [6.07, 6.45) is 1.48. The Morgan fingerprint density at radius 2 is 1.85 bits per heavy atom. The fraction of sp³-hybridized carbons (Fsp3) is 0.105. The van der Waals surface area contributed by atoms with Gasteiger partial charge in [-0.1, -0.05) is 15.9 Å². The highest BCUT2D eigenvalue weighted by molar-refractivity contribution is 9.10. The van der Waals surface area contributed by atoms with Crippen LogP contribution < -0.4 is 10.0 Å². The van der Waals surface area contributed by atoms with Gasteiger partial charge in [-0.25, -0.2) is 13.1 Å². The van der Waals surface area contributed by atoms with E-state index in [1.165, 1.54) is 30.5 Å². The average molecular weight is 449 g/mol. The van der Waals surface area contributed by atoms with Crippen LogP contribution in [0.25, 0.3) is 0 Å². The highest BCUT2D eigenvalue weighted by Crippen LogP contribution is 2.21. The zero-order valence-corrected chi connectivity index (χ0v) is 16.8. The van der Waals surface area contributed by atoms with Crippen LogP contribution in [-0.4, -0.2) is 14.3 Å². The SMILES string of the molecule is Cc1cc(Br)ccc1NC(=O)c1ccc(S(=O)(=O)NCc2ccco2)cc1. The number of benzene rings is 2. The van der Waals surface area contributed by atoms with Gasteiger partial charge in [-0.2, -0.15) is 0 Å². The van der Waals surface area contributed by atoms with Gasteiger partial charge >= 0.3 is 0 Å². The largest absolute Gasteiger partial charge is 0.468 e. The van der Waals surface area contributed by atoms with Crippen molar-refractivity contribution >= 4 is 37.5 Å². The normalized spacial score (nSPS) is 11.3. The number of nitrogens with one attached hydrogen (secondary N) is 2. The zero-order chi connectivity index (χ0) is 19.4. The van der Waals surface area contributed by atoms with Crippen LogP contribution in [0.1, 0.15) is 21.7 Å². The Morgan fingerprint density at radius 1 is 1.11 bits per heavy atom. The van der Waals surface area contributed by atoms with Gasteiger partial charge in [0.25, 0.3) is 5.91 Å². The topological polar surface area (TPSA) is 88.4 Å². The van der Waals surface area contributed by atoms with E-state index in [1.54, 1.807) is 18.2 Å². The van der Waals surface area contributed by atoms with E-state index in [-0.39, 0.29) is 17.3 Å². The summed E-state index contributed by atoms with van der Waals surface area (Å²) in [4.78, 5) is 12.5. The van der Waals surface area contributed by atoms with Gasteiger partial charge in [0.05, 0.1) is 17.7 Å². The third kappa shape index (κ3) is 4.85. The molecule has 8 heteroatoms. The van der Waals surface area contributed by atoms with Gasteiger partial charge < -0.3 is 9.73 Å². The molecule has 0 radical (unpaired) electrons. The van der Waals surface area contributed by atoms with Crippen LogP contribution in [0.5, 0.6) is 0 Å². The second-order valence-electron chi connectivity index (χ2n) is 5.84. The summed E-state index contributed by atoms with van der Waals surface area (Å²) in [5, 5.41) is 2.82. The highest BCUT2D eigenvalue weighted by Gasteiger charge is 2.16. The van der Waals surface area contributed by atoms with Gasteiger partial charge in [0.15, 0.2) is 0 Å². The molecule has 2 N–H and O–H groups in total. The minimum atomic E-state index is -3.70. The van der Waals surface area contributed by atoms with E-state index >= 15 is 0 Å². The van der Waals surface area contributed by atoms with Crippen molar-refractivity contribution in [3.05, 3.63) is 82.2 Å². The highest BCUT2D eigenvalue weighted by atomic mass is 79.9. The molecule has 0 bridgehead atoms. The lowest BCUT2D eigenvalue weighted by atomic mass is 10.1. The molecule has 27 heavy (non-hydrogen) atoms. The Balaban J connectivity index is 1.69. The van der Waals surface area contributed by atoms with E-state index in [0.717, 1.165) is 10.0 Å². The lowest BCUT2D eigenvalue weighted by Gasteiger charge is -2.10. The number of carbonyl (C=O) groups excluding carboxylic acids is 1. The Kier molecular flexibility index (Phi) is 5.79. The molecule has 2 aromatic carbocycles. The molecule has 0 fully saturated rings. The van der Waals surface area contributed by atoms with Crippen LogP contribution in [0.15, 0.2) is 74.6 Å². The number of hydrogen-bond donors (Lipinski definition) is 2. The third-order valence-corrected chi connectivity index (χ3v) is 5.79. The van der Waals surface area contributed by atoms with Crippen molar-refractivity contribution in [3.8, 4) is 0 Å². The number of amides is 1. The smallest absolute Gasteiger partial charge is 0.255 e. The molecule has 0 unspecified atom stereocenters. The van der Waals surface area contributed by atoms with Crippen molar-refractivity contribution < 1.29 is 17.6 Å². The predicted octanol–water partition coefficient (Wildman–Crippen LogP) is 4.08. The molecule has 140 valence electrons. The van der Waals surface area contributed by atoms with Crippen molar-refractivity contribution in [1.29, 1.82) is 0 Å². The van der Waals surface area contributed by atoms with E-state index in [0.29, 0.717) is 17.0 Å². The summed E-state index contributed by atoms with van der Waals surface area (Å²) < 4.78 is 33.1. The van der Waals surface area contributed by atoms with E-state index in [9.17, 15) is 13.2 Å². The number of hydrogen-bond acceptors (Lipinski definition) is 4. The van der Waals surface area contributed by atoms with Crippen molar-refractivity contribution in [3.63, 3.8) is 0 Å². The molecule has 0 aliphatic rings. The quantitative estimate of drug-likeness (QED) is 0.594.